The van der Waals surface area contributed by atoms with E-state index < -0.39 is 5.60 Å². The first kappa shape index (κ1) is 18.3. The molecule has 0 N–H and O–H groups in total. The van der Waals surface area contributed by atoms with Gasteiger partial charge in [-0.05, 0) is 43.7 Å². The molecule has 4 aromatic rings. The number of hydrogen-bond acceptors (Lipinski definition) is 7. The summed E-state index contributed by atoms with van der Waals surface area (Å²) in [4.78, 5) is 24.2. The molecule has 1 aromatic carbocycles. The summed E-state index contributed by atoms with van der Waals surface area (Å²) >= 11 is 0. The maximum absolute atomic E-state index is 11.5. The first-order valence-electron chi connectivity index (χ1n) is 9.63. The van der Waals surface area contributed by atoms with Crippen LogP contribution in [0.4, 0.5) is 0 Å². The van der Waals surface area contributed by atoms with Crippen molar-refractivity contribution in [1.82, 2.24) is 15.0 Å². The van der Waals surface area contributed by atoms with E-state index in [2.05, 4.69) is 15.0 Å². The van der Waals surface area contributed by atoms with Crippen LogP contribution in [0, 0.1) is 0 Å². The first-order chi connectivity index (χ1) is 14.5. The molecule has 0 aliphatic carbocycles. The molecule has 0 amide bonds. The van der Waals surface area contributed by atoms with Gasteiger partial charge in [0.05, 0.1) is 5.69 Å². The molecule has 0 bridgehead atoms. The number of fused-ring (bicyclic) bond motifs is 2. The van der Waals surface area contributed by atoms with Crippen molar-refractivity contribution in [2.45, 2.75) is 32.0 Å². The van der Waals surface area contributed by atoms with Crippen LogP contribution in [0.25, 0.3) is 22.2 Å². The zero-order valence-corrected chi connectivity index (χ0v) is 16.5. The van der Waals surface area contributed by atoms with Gasteiger partial charge in [-0.3, -0.25) is 4.98 Å². The minimum Gasteiger partial charge on any atom is -0.484 e. The van der Waals surface area contributed by atoms with Gasteiger partial charge in [0.25, 0.3) is 0 Å². The van der Waals surface area contributed by atoms with Crippen LogP contribution in [-0.2, 0) is 6.42 Å². The van der Waals surface area contributed by atoms with Gasteiger partial charge < -0.3 is 13.9 Å². The fraction of sp³-hybridized carbons (Fsp3) is 0.217. The molecule has 7 heteroatoms. The Bertz CT molecular complexity index is 1280. The van der Waals surface area contributed by atoms with Gasteiger partial charge in [-0.25, -0.2) is 14.8 Å². The number of rotatable bonds is 3. The molecule has 1 aliphatic heterocycles. The Morgan fingerprint density at radius 3 is 2.73 bits per heavy atom. The molecule has 4 heterocycles. The summed E-state index contributed by atoms with van der Waals surface area (Å²) in [5, 5.41) is 0.845. The van der Waals surface area contributed by atoms with Gasteiger partial charge in [-0.15, -0.1) is 0 Å². The minimum atomic E-state index is -0.614. The van der Waals surface area contributed by atoms with Crippen molar-refractivity contribution in [3.63, 3.8) is 0 Å². The highest BCUT2D eigenvalue weighted by Gasteiger charge is 2.39. The van der Waals surface area contributed by atoms with E-state index in [1.54, 1.807) is 24.5 Å². The Hall–Kier alpha value is -3.74. The van der Waals surface area contributed by atoms with Gasteiger partial charge in [-0.2, -0.15) is 0 Å². The van der Waals surface area contributed by atoms with E-state index in [9.17, 15) is 4.79 Å². The monoisotopic (exact) mass is 401 g/mol. The molecule has 0 unspecified atom stereocenters. The maximum atomic E-state index is 11.5. The second-order valence-corrected chi connectivity index (χ2v) is 7.75. The van der Waals surface area contributed by atoms with Crippen molar-refractivity contribution < 1.29 is 13.9 Å². The predicted octanol–water partition coefficient (Wildman–Crippen LogP) is 3.81. The second kappa shape index (κ2) is 6.95. The molecule has 0 saturated carbocycles. The maximum Gasteiger partial charge on any atom is 0.336 e. The second-order valence-electron chi connectivity index (χ2n) is 7.75. The fourth-order valence-electron chi connectivity index (χ4n) is 3.61. The van der Waals surface area contributed by atoms with Crippen molar-refractivity contribution in [2.24, 2.45) is 0 Å². The number of benzene rings is 1. The Kier molecular flexibility index (Phi) is 4.24. The van der Waals surface area contributed by atoms with E-state index in [4.69, 9.17) is 13.9 Å². The standard InChI is InChI=1S/C23H19N3O4/c1-23(2)20(29-21-11-17(25-13-26-21)14-5-7-24-8-6-14)10-16-9-15-3-4-22(27)28-18(15)12-19(16)30-23/h3-9,11-13,20H,10H2,1-2H3/t20-/m0/s1. The van der Waals surface area contributed by atoms with Gasteiger partial charge in [0.1, 0.15) is 29.4 Å². The number of nitrogens with zero attached hydrogens (tertiary/aromatic N) is 3. The molecule has 0 spiro atoms. The molecule has 7 nitrogen and oxygen atoms in total. The van der Waals surface area contributed by atoms with Crippen LogP contribution in [0.5, 0.6) is 11.6 Å². The van der Waals surface area contributed by atoms with Gasteiger partial charge in [0.15, 0.2) is 0 Å². The third-order valence-corrected chi connectivity index (χ3v) is 5.24. The molecule has 3 aromatic heterocycles. The molecule has 1 atom stereocenters. The Morgan fingerprint density at radius 1 is 1.07 bits per heavy atom. The highest BCUT2D eigenvalue weighted by atomic mass is 16.6. The number of aromatic nitrogens is 3. The van der Waals surface area contributed by atoms with Gasteiger partial charge in [0, 0.05) is 48.0 Å². The molecule has 0 radical (unpaired) electrons. The van der Waals surface area contributed by atoms with E-state index in [0.29, 0.717) is 23.6 Å². The summed E-state index contributed by atoms with van der Waals surface area (Å²) in [6.45, 7) is 3.94. The van der Waals surface area contributed by atoms with Crippen molar-refractivity contribution in [3.05, 3.63) is 77.2 Å². The Labute approximate surface area is 172 Å². The van der Waals surface area contributed by atoms with Crippen molar-refractivity contribution in [1.29, 1.82) is 0 Å². The van der Waals surface area contributed by atoms with Crippen LogP contribution < -0.4 is 15.1 Å². The zero-order chi connectivity index (χ0) is 20.7. The van der Waals surface area contributed by atoms with Crippen LogP contribution in [0.3, 0.4) is 0 Å². The highest BCUT2D eigenvalue weighted by molar-refractivity contribution is 5.79. The SMILES string of the molecule is CC1(C)Oc2cc3oc(=O)ccc3cc2C[C@@H]1Oc1cc(-c2ccncc2)ncn1. The van der Waals surface area contributed by atoms with E-state index >= 15 is 0 Å². The van der Waals surface area contributed by atoms with Crippen molar-refractivity contribution in [3.8, 4) is 22.9 Å². The number of hydrogen-bond donors (Lipinski definition) is 0. The van der Waals surface area contributed by atoms with Crippen LogP contribution in [0.2, 0.25) is 0 Å². The quantitative estimate of drug-likeness (QED) is 0.483. The number of ether oxygens (including phenoxy) is 2. The summed E-state index contributed by atoms with van der Waals surface area (Å²) in [7, 11) is 0. The summed E-state index contributed by atoms with van der Waals surface area (Å²) in [5.74, 6) is 1.18. The lowest BCUT2D eigenvalue weighted by Crippen LogP contribution is -2.49. The van der Waals surface area contributed by atoms with Crippen molar-refractivity contribution in [2.75, 3.05) is 0 Å². The van der Waals surface area contributed by atoms with E-state index in [0.717, 1.165) is 22.2 Å². The summed E-state index contributed by atoms with van der Waals surface area (Å²) in [5.41, 5.74) is 2.20. The number of pyridine rings is 1. The molecule has 0 saturated heterocycles. The topological polar surface area (TPSA) is 87.3 Å². The molecular formula is C23H19N3O4. The molecule has 30 heavy (non-hydrogen) atoms. The summed E-state index contributed by atoms with van der Waals surface area (Å²) in [6, 6.07) is 12.5. The van der Waals surface area contributed by atoms with E-state index in [1.165, 1.54) is 12.4 Å². The highest BCUT2D eigenvalue weighted by Crippen LogP contribution is 2.37. The third-order valence-electron chi connectivity index (χ3n) is 5.24. The minimum absolute atomic E-state index is 0.265. The Morgan fingerprint density at radius 2 is 1.90 bits per heavy atom. The van der Waals surface area contributed by atoms with Gasteiger partial charge >= 0.3 is 5.63 Å². The van der Waals surface area contributed by atoms with Crippen LogP contribution in [0.15, 0.2) is 70.4 Å². The van der Waals surface area contributed by atoms with Gasteiger partial charge in [0.2, 0.25) is 5.88 Å². The zero-order valence-electron chi connectivity index (χ0n) is 16.5. The smallest absolute Gasteiger partial charge is 0.336 e. The lowest BCUT2D eigenvalue weighted by Gasteiger charge is -2.39. The molecule has 0 fully saturated rings. The van der Waals surface area contributed by atoms with E-state index in [-0.39, 0.29) is 11.7 Å². The largest absolute Gasteiger partial charge is 0.484 e. The van der Waals surface area contributed by atoms with Gasteiger partial charge in [-0.1, -0.05) is 0 Å². The van der Waals surface area contributed by atoms with E-state index in [1.807, 2.05) is 38.1 Å². The first-order valence-corrected chi connectivity index (χ1v) is 9.63. The average Bonchev–Trinajstić information content (AvgIpc) is 2.74. The summed E-state index contributed by atoms with van der Waals surface area (Å²) in [6.07, 6.45) is 5.30. The third kappa shape index (κ3) is 3.39. The van der Waals surface area contributed by atoms with Crippen LogP contribution in [0.1, 0.15) is 19.4 Å². The molecule has 5 rings (SSSR count). The lowest BCUT2D eigenvalue weighted by atomic mass is 9.90. The Balaban J connectivity index is 1.46. The average molecular weight is 401 g/mol. The van der Waals surface area contributed by atoms with Crippen molar-refractivity contribution >= 4 is 11.0 Å². The lowest BCUT2D eigenvalue weighted by molar-refractivity contribution is -0.0287. The predicted molar refractivity (Wildman–Crippen MR) is 111 cm³/mol. The van der Waals surface area contributed by atoms with Crippen LogP contribution >= 0.6 is 0 Å². The van der Waals surface area contributed by atoms with Crippen LogP contribution in [-0.4, -0.2) is 26.7 Å². The normalized spacial score (nSPS) is 17.2. The molecule has 1 aliphatic rings. The fourth-order valence-corrected chi connectivity index (χ4v) is 3.61. The summed E-state index contributed by atoms with van der Waals surface area (Å²) < 4.78 is 17.8. The molecule has 150 valence electrons. The molecular weight excluding hydrogens is 382 g/mol.